The fraction of sp³-hybridized carbons (Fsp3) is 0.0417. The fourth-order valence-electron chi connectivity index (χ4n) is 3.25. The number of para-hydroxylation sites is 1. The Hall–Kier alpha value is -2.93. The number of nitrogens with one attached hydrogen (secondary N) is 1. The molecule has 0 fully saturated rings. The zero-order chi connectivity index (χ0) is 22.8. The van der Waals surface area contributed by atoms with Crippen LogP contribution in [0.2, 0.25) is 10.0 Å². The van der Waals surface area contributed by atoms with Gasteiger partial charge in [0.2, 0.25) is 0 Å². The van der Waals surface area contributed by atoms with E-state index in [4.69, 9.17) is 23.2 Å². The van der Waals surface area contributed by atoms with Crippen LogP contribution in [0, 0.1) is 0 Å². The molecule has 0 saturated carbocycles. The Bertz CT molecular complexity index is 1390. The molecule has 0 aliphatic heterocycles. The SMILES string of the molecule is CC(=NNC(=O)c1cc(-c2ccc(Cl)cc2Cl)nc2ccccc12)c1cc(Br)ccc1O. The van der Waals surface area contributed by atoms with Crippen molar-refractivity contribution in [2.75, 3.05) is 0 Å². The van der Waals surface area contributed by atoms with Gasteiger partial charge in [-0.3, -0.25) is 4.79 Å². The van der Waals surface area contributed by atoms with Crippen LogP contribution in [0.15, 0.2) is 76.3 Å². The monoisotopic (exact) mass is 527 g/mol. The summed E-state index contributed by atoms with van der Waals surface area (Å²) >= 11 is 15.8. The van der Waals surface area contributed by atoms with Gasteiger partial charge in [-0.15, -0.1) is 0 Å². The van der Waals surface area contributed by atoms with Crippen LogP contribution in [-0.4, -0.2) is 21.7 Å². The Kier molecular flexibility index (Phi) is 6.46. The fourth-order valence-corrected chi connectivity index (χ4v) is 4.12. The number of phenols is 1. The summed E-state index contributed by atoms with van der Waals surface area (Å²) in [5, 5.41) is 15.9. The van der Waals surface area contributed by atoms with Crippen molar-refractivity contribution >= 4 is 61.7 Å². The lowest BCUT2D eigenvalue weighted by molar-refractivity contribution is 0.0956. The van der Waals surface area contributed by atoms with E-state index in [1.807, 2.05) is 24.3 Å². The number of rotatable bonds is 4. The topological polar surface area (TPSA) is 74.6 Å². The average molecular weight is 529 g/mol. The first-order valence-corrected chi connectivity index (χ1v) is 11.1. The number of carbonyl (C=O) groups excluding carboxylic acids is 1. The molecule has 1 aromatic heterocycles. The Morgan fingerprint density at radius 2 is 1.81 bits per heavy atom. The summed E-state index contributed by atoms with van der Waals surface area (Å²) in [4.78, 5) is 17.8. The van der Waals surface area contributed by atoms with E-state index < -0.39 is 5.91 Å². The highest BCUT2D eigenvalue weighted by Crippen LogP contribution is 2.32. The minimum Gasteiger partial charge on any atom is -0.507 e. The number of aromatic nitrogens is 1. The van der Waals surface area contributed by atoms with Crippen LogP contribution in [0.4, 0.5) is 0 Å². The number of carbonyl (C=O) groups is 1. The Morgan fingerprint density at radius 3 is 2.59 bits per heavy atom. The molecule has 1 heterocycles. The molecule has 0 aliphatic carbocycles. The quantitative estimate of drug-likeness (QED) is 0.225. The van der Waals surface area contributed by atoms with Crippen LogP contribution in [0.5, 0.6) is 5.75 Å². The molecule has 0 spiro atoms. The summed E-state index contributed by atoms with van der Waals surface area (Å²) in [6, 6.07) is 19.1. The minimum atomic E-state index is -0.413. The van der Waals surface area contributed by atoms with Crippen molar-refractivity contribution in [2.24, 2.45) is 5.10 Å². The molecule has 0 unspecified atom stereocenters. The number of phenolic OH excluding ortho intramolecular Hbond substituents is 1. The summed E-state index contributed by atoms with van der Waals surface area (Å²) in [5.74, 6) is -0.346. The first-order valence-electron chi connectivity index (χ1n) is 9.52. The molecule has 5 nitrogen and oxygen atoms in total. The van der Waals surface area contributed by atoms with E-state index in [1.165, 1.54) is 0 Å². The van der Waals surface area contributed by atoms with Gasteiger partial charge in [-0.05, 0) is 55.5 Å². The molecule has 4 aromatic rings. The van der Waals surface area contributed by atoms with E-state index in [-0.39, 0.29) is 5.75 Å². The summed E-state index contributed by atoms with van der Waals surface area (Å²) in [5.41, 5.74) is 5.79. The summed E-state index contributed by atoms with van der Waals surface area (Å²) < 4.78 is 0.788. The summed E-state index contributed by atoms with van der Waals surface area (Å²) in [7, 11) is 0. The van der Waals surface area contributed by atoms with Crippen LogP contribution >= 0.6 is 39.1 Å². The average Bonchev–Trinajstić information content (AvgIpc) is 2.78. The van der Waals surface area contributed by atoms with Crippen LogP contribution in [0.25, 0.3) is 22.2 Å². The van der Waals surface area contributed by atoms with Gasteiger partial charge >= 0.3 is 0 Å². The van der Waals surface area contributed by atoms with Gasteiger partial charge in [0.15, 0.2) is 0 Å². The Balaban J connectivity index is 1.74. The molecule has 0 bridgehead atoms. The van der Waals surface area contributed by atoms with E-state index in [0.29, 0.717) is 49.0 Å². The zero-order valence-electron chi connectivity index (χ0n) is 16.7. The second-order valence-electron chi connectivity index (χ2n) is 7.00. The van der Waals surface area contributed by atoms with Crippen molar-refractivity contribution < 1.29 is 9.90 Å². The molecule has 8 heteroatoms. The lowest BCUT2D eigenvalue weighted by Crippen LogP contribution is -2.20. The van der Waals surface area contributed by atoms with Gasteiger partial charge in [-0.25, -0.2) is 10.4 Å². The second kappa shape index (κ2) is 9.28. The summed E-state index contributed by atoms with van der Waals surface area (Å²) in [6.07, 6.45) is 0. The van der Waals surface area contributed by atoms with Gasteiger partial charge < -0.3 is 5.11 Å². The first-order chi connectivity index (χ1) is 15.3. The Morgan fingerprint density at radius 1 is 1.03 bits per heavy atom. The molecule has 0 saturated heterocycles. The van der Waals surface area contributed by atoms with Gasteiger partial charge in [0, 0.05) is 26.0 Å². The van der Waals surface area contributed by atoms with E-state index in [9.17, 15) is 9.90 Å². The third kappa shape index (κ3) is 4.63. The maximum atomic E-state index is 13.1. The smallest absolute Gasteiger partial charge is 0.272 e. The highest BCUT2D eigenvalue weighted by atomic mass is 79.9. The Labute approximate surface area is 202 Å². The highest BCUT2D eigenvalue weighted by molar-refractivity contribution is 9.10. The van der Waals surface area contributed by atoms with Crippen LogP contribution < -0.4 is 5.43 Å². The van der Waals surface area contributed by atoms with Crippen molar-refractivity contribution in [1.82, 2.24) is 10.4 Å². The van der Waals surface area contributed by atoms with Crippen LogP contribution in [0.1, 0.15) is 22.8 Å². The number of hydrogen-bond acceptors (Lipinski definition) is 4. The van der Waals surface area contributed by atoms with E-state index in [2.05, 4.69) is 31.4 Å². The largest absolute Gasteiger partial charge is 0.507 e. The predicted octanol–water partition coefficient (Wildman–Crippen LogP) is 6.83. The molecule has 0 aliphatic rings. The molecular weight excluding hydrogens is 513 g/mol. The van der Waals surface area contributed by atoms with Crippen molar-refractivity contribution in [3.8, 4) is 17.0 Å². The zero-order valence-corrected chi connectivity index (χ0v) is 19.8. The van der Waals surface area contributed by atoms with E-state index >= 15 is 0 Å². The summed E-state index contributed by atoms with van der Waals surface area (Å²) in [6.45, 7) is 1.70. The number of hydrogen-bond donors (Lipinski definition) is 2. The maximum Gasteiger partial charge on any atom is 0.272 e. The molecular formula is C24H16BrCl2N3O2. The standard InChI is InChI=1S/C24H16BrCl2N3O2/c1-13(18-10-14(25)6-9-23(18)31)29-30-24(32)19-12-22(17-8-7-15(26)11-20(17)27)28-21-5-3-2-4-16(19)21/h2-12,31H,1H3,(H,30,32). The molecule has 160 valence electrons. The number of nitrogens with zero attached hydrogens (tertiary/aromatic N) is 2. The van der Waals surface area contributed by atoms with Crippen molar-refractivity contribution in [2.45, 2.75) is 6.92 Å². The van der Waals surface area contributed by atoms with Crippen LogP contribution in [-0.2, 0) is 0 Å². The van der Waals surface area contributed by atoms with E-state index in [1.54, 1.807) is 49.4 Å². The van der Waals surface area contributed by atoms with Gasteiger partial charge in [0.05, 0.1) is 27.5 Å². The second-order valence-corrected chi connectivity index (χ2v) is 8.76. The van der Waals surface area contributed by atoms with Crippen LogP contribution in [0.3, 0.4) is 0 Å². The van der Waals surface area contributed by atoms with Crippen molar-refractivity contribution in [3.63, 3.8) is 0 Å². The van der Waals surface area contributed by atoms with Gasteiger partial charge in [0.1, 0.15) is 5.75 Å². The minimum absolute atomic E-state index is 0.0673. The molecule has 3 aromatic carbocycles. The number of hydrazone groups is 1. The lowest BCUT2D eigenvalue weighted by Gasteiger charge is -2.11. The van der Waals surface area contributed by atoms with Crippen molar-refractivity contribution in [1.29, 1.82) is 0 Å². The van der Waals surface area contributed by atoms with Gasteiger partial charge in [0.25, 0.3) is 5.91 Å². The molecule has 4 rings (SSSR count). The van der Waals surface area contributed by atoms with Gasteiger partial charge in [-0.1, -0.05) is 57.3 Å². The maximum absolute atomic E-state index is 13.1. The number of benzene rings is 3. The van der Waals surface area contributed by atoms with Gasteiger partial charge in [-0.2, -0.15) is 5.10 Å². The lowest BCUT2D eigenvalue weighted by atomic mass is 10.0. The third-order valence-electron chi connectivity index (χ3n) is 4.84. The number of halogens is 3. The molecule has 0 radical (unpaired) electrons. The van der Waals surface area contributed by atoms with Crippen molar-refractivity contribution in [3.05, 3.63) is 92.4 Å². The third-order valence-corrected chi connectivity index (χ3v) is 5.88. The number of pyridine rings is 1. The normalized spacial score (nSPS) is 11.6. The number of aromatic hydroxyl groups is 1. The highest BCUT2D eigenvalue weighted by Gasteiger charge is 2.16. The van der Waals surface area contributed by atoms with E-state index in [0.717, 1.165) is 4.47 Å². The number of fused-ring (bicyclic) bond motifs is 1. The molecule has 2 N–H and O–H groups in total. The molecule has 1 amide bonds. The molecule has 32 heavy (non-hydrogen) atoms. The molecule has 0 atom stereocenters. The predicted molar refractivity (Wildman–Crippen MR) is 133 cm³/mol. The number of amides is 1. The first kappa shape index (κ1) is 22.3.